The molecule has 0 atom stereocenters. The number of aromatic nitrogens is 4. The average Bonchev–Trinajstić information content (AvgIpc) is 3.22. The molecule has 3 rings (SSSR count). The highest BCUT2D eigenvalue weighted by Gasteiger charge is 2.21. The minimum Gasteiger partial charge on any atom is -0.461 e. The van der Waals surface area contributed by atoms with Crippen molar-refractivity contribution in [1.29, 1.82) is 0 Å². The number of thioether (sulfide) groups is 1. The number of aryl methyl sites for hydroxylation is 1. The Bertz CT molecular complexity index is 1150. The molecule has 0 bridgehead atoms. The maximum absolute atomic E-state index is 12.7. The van der Waals surface area contributed by atoms with Gasteiger partial charge in [0.05, 0.1) is 17.7 Å². The Labute approximate surface area is 164 Å². The van der Waals surface area contributed by atoms with Crippen LogP contribution in [0.4, 0.5) is 0 Å². The van der Waals surface area contributed by atoms with Crippen molar-refractivity contribution in [1.82, 2.24) is 19.1 Å². The van der Waals surface area contributed by atoms with Gasteiger partial charge >= 0.3 is 11.7 Å². The molecule has 3 aromatic rings. The molecular formula is C18H18N4O5S. The van der Waals surface area contributed by atoms with Crippen LogP contribution in [0.1, 0.15) is 21.7 Å². The van der Waals surface area contributed by atoms with E-state index in [1.165, 1.54) is 42.8 Å². The van der Waals surface area contributed by atoms with Gasteiger partial charge in [-0.2, -0.15) is 0 Å². The summed E-state index contributed by atoms with van der Waals surface area (Å²) in [4.78, 5) is 45.2. The number of esters is 1. The van der Waals surface area contributed by atoms with E-state index in [-0.39, 0.29) is 17.9 Å². The second-order valence-electron chi connectivity index (χ2n) is 5.94. The van der Waals surface area contributed by atoms with E-state index in [0.717, 1.165) is 4.57 Å². The molecule has 28 heavy (non-hydrogen) atoms. The van der Waals surface area contributed by atoms with Gasteiger partial charge in [-0.1, -0.05) is 0 Å². The number of furan rings is 1. The zero-order chi connectivity index (χ0) is 20.4. The van der Waals surface area contributed by atoms with Crippen molar-refractivity contribution in [2.75, 3.05) is 6.26 Å². The summed E-state index contributed by atoms with van der Waals surface area (Å²) < 4.78 is 12.9. The molecule has 146 valence electrons. The summed E-state index contributed by atoms with van der Waals surface area (Å²) in [6.07, 6.45) is 3.30. The SMILES string of the molecule is CSc1nc(-c2ccco2)nc(C)c1C(=O)OCc1cc(=O)n(C)c(=O)n1C. The third kappa shape index (κ3) is 3.63. The van der Waals surface area contributed by atoms with Crippen molar-refractivity contribution in [3.8, 4) is 11.6 Å². The van der Waals surface area contributed by atoms with Gasteiger partial charge in [0, 0.05) is 20.2 Å². The van der Waals surface area contributed by atoms with E-state index in [1.807, 2.05) is 0 Å². The van der Waals surface area contributed by atoms with Gasteiger partial charge < -0.3 is 9.15 Å². The van der Waals surface area contributed by atoms with E-state index in [9.17, 15) is 14.4 Å². The molecule has 0 spiro atoms. The molecule has 0 aromatic carbocycles. The second kappa shape index (κ2) is 7.85. The topological polar surface area (TPSA) is 109 Å². The van der Waals surface area contributed by atoms with E-state index >= 15 is 0 Å². The molecule has 0 radical (unpaired) electrons. The largest absolute Gasteiger partial charge is 0.461 e. The Hall–Kier alpha value is -3.14. The lowest BCUT2D eigenvalue weighted by atomic mass is 10.2. The lowest BCUT2D eigenvalue weighted by Crippen LogP contribution is -2.38. The molecule has 0 N–H and O–H groups in total. The maximum atomic E-state index is 12.7. The Morgan fingerprint density at radius 3 is 2.64 bits per heavy atom. The van der Waals surface area contributed by atoms with Crippen LogP contribution in [0.5, 0.6) is 0 Å². The predicted octanol–water partition coefficient (Wildman–Crippen LogP) is 1.52. The smallest absolute Gasteiger partial charge is 0.343 e. The number of ether oxygens (including phenoxy) is 1. The summed E-state index contributed by atoms with van der Waals surface area (Å²) in [7, 11) is 2.89. The van der Waals surface area contributed by atoms with Crippen LogP contribution >= 0.6 is 11.8 Å². The number of carbonyl (C=O) groups excluding carboxylic acids is 1. The molecular weight excluding hydrogens is 384 g/mol. The van der Waals surface area contributed by atoms with Crippen LogP contribution in [0.3, 0.4) is 0 Å². The summed E-state index contributed by atoms with van der Waals surface area (Å²) in [5.41, 5.74) is -0.00452. The quantitative estimate of drug-likeness (QED) is 0.359. The zero-order valence-corrected chi connectivity index (χ0v) is 16.6. The minimum absolute atomic E-state index is 0.228. The number of nitrogens with zero attached hydrogens (tertiary/aromatic N) is 4. The number of hydrogen-bond acceptors (Lipinski definition) is 8. The molecule has 0 aliphatic rings. The van der Waals surface area contributed by atoms with Gasteiger partial charge in [0.1, 0.15) is 17.2 Å². The van der Waals surface area contributed by atoms with Gasteiger partial charge in [-0.3, -0.25) is 13.9 Å². The Kier molecular flexibility index (Phi) is 5.50. The van der Waals surface area contributed by atoms with Crippen molar-refractivity contribution < 1.29 is 13.9 Å². The second-order valence-corrected chi connectivity index (χ2v) is 6.74. The van der Waals surface area contributed by atoms with E-state index < -0.39 is 17.2 Å². The predicted molar refractivity (Wildman–Crippen MR) is 102 cm³/mol. The number of carbonyl (C=O) groups is 1. The van der Waals surface area contributed by atoms with Crippen LogP contribution in [0.15, 0.2) is 43.5 Å². The average molecular weight is 402 g/mol. The highest BCUT2D eigenvalue weighted by Crippen LogP contribution is 2.25. The minimum atomic E-state index is -0.638. The standard InChI is InChI=1S/C18H18N4O5S/c1-10-14(16(28-4)20-15(19-10)12-6-5-7-26-12)17(24)27-9-11-8-13(23)22(3)18(25)21(11)2/h5-8H,9H2,1-4H3. The third-order valence-corrected chi connectivity index (χ3v) is 4.85. The van der Waals surface area contributed by atoms with Crippen LogP contribution in [-0.4, -0.2) is 31.3 Å². The van der Waals surface area contributed by atoms with Crippen molar-refractivity contribution in [3.05, 3.63) is 62.3 Å². The van der Waals surface area contributed by atoms with Crippen LogP contribution < -0.4 is 11.2 Å². The van der Waals surface area contributed by atoms with Crippen molar-refractivity contribution >= 4 is 17.7 Å². The summed E-state index contributed by atoms with van der Waals surface area (Å²) in [6.45, 7) is 1.45. The molecule has 10 heteroatoms. The Morgan fingerprint density at radius 2 is 2.00 bits per heavy atom. The molecule has 0 aliphatic carbocycles. The van der Waals surface area contributed by atoms with E-state index in [4.69, 9.17) is 9.15 Å². The van der Waals surface area contributed by atoms with Gasteiger partial charge in [-0.05, 0) is 25.3 Å². The first-order valence-electron chi connectivity index (χ1n) is 8.23. The van der Waals surface area contributed by atoms with Crippen molar-refractivity contribution in [2.24, 2.45) is 14.1 Å². The number of hydrogen-bond donors (Lipinski definition) is 0. The lowest BCUT2D eigenvalue weighted by molar-refractivity contribution is 0.0456. The molecule has 0 aliphatic heterocycles. The lowest BCUT2D eigenvalue weighted by Gasteiger charge is -2.13. The first-order chi connectivity index (χ1) is 13.3. The highest BCUT2D eigenvalue weighted by molar-refractivity contribution is 7.98. The fraction of sp³-hybridized carbons (Fsp3) is 0.278. The fourth-order valence-corrected chi connectivity index (χ4v) is 3.19. The van der Waals surface area contributed by atoms with E-state index in [0.29, 0.717) is 22.3 Å². The van der Waals surface area contributed by atoms with Crippen LogP contribution in [0, 0.1) is 6.92 Å². The molecule has 0 saturated carbocycles. The highest BCUT2D eigenvalue weighted by atomic mass is 32.2. The van der Waals surface area contributed by atoms with Crippen LogP contribution in [0.2, 0.25) is 0 Å². The van der Waals surface area contributed by atoms with Gasteiger partial charge in [0.15, 0.2) is 11.6 Å². The van der Waals surface area contributed by atoms with Crippen LogP contribution in [-0.2, 0) is 25.4 Å². The first kappa shape index (κ1) is 19.6. The summed E-state index contributed by atoms with van der Waals surface area (Å²) >= 11 is 1.28. The monoisotopic (exact) mass is 402 g/mol. The molecule has 9 nitrogen and oxygen atoms in total. The zero-order valence-electron chi connectivity index (χ0n) is 15.8. The third-order valence-electron chi connectivity index (χ3n) is 4.17. The summed E-state index contributed by atoms with van der Waals surface area (Å²) in [5, 5.41) is 0.446. The molecule has 3 aromatic heterocycles. The fourth-order valence-electron chi connectivity index (χ4n) is 2.57. The van der Waals surface area contributed by atoms with Gasteiger partial charge in [0.2, 0.25) is 0 Å². The summed E-state index contributed by atoms with van der Waals surface area (Å²) in [6, 6.07) is 4.71. The molecule has 0 unspecified atom stereocenters. The molecule has 0 saturated heterocycles. The Balaban J connectivity index is 1.89. The van der Waals surface area contributed by atoms with Crippen molar-refractivity contribution in [2.45, 2.75) is 18.6 Å². The van der Waals surface area contributed by atoms with E-state index in [1.54, 1.807) is 25.3 Å². The molecule has 3 heterocycles. The Morgan fingerprint density at radius 1 is 1.25 bits per heavy atom. The van der Waals surface area contributed by atoms with Gasteiger partial charge in [-0.15, -0.1) is 11.8 Å². The summed E-state index contributed by atoms with van der Waals surface area (Å²) in [5.74, 6) is 0.228. The molecule has 0 amide bonds. The van der Waals surface area contributed by atoms with E-state index in [2.05, 4.69) is 9.97 Å². The van der Waals surface area contributed by atoms with Crippen molar-refractivity contribution in [3.63, 3.8) is 0 Å². The first-order valence-corrected chi connectivity index (χ1v) is 9.45. The molecule has 0 fully saturated rings. The van der Waals surface area contributed by atoms with Gasteiger partial charge in [0.25, 0.3) is 5.56 Å². The van der Waals surface area contributed by atoms with Crippen LogP contribution in [0.25, 0.3) is 11.6 Å². The van der Waals surface area contributed by atoms with Gasteiger partial charge in [-0.25, -0.2) is 19.6 Å². The maximum Gasteiger partial charge on any atom is 0.343 e. The number of rotatable bonds is 5. The normalized spacial score (nSPS) is 10.9.